The van der Waals surface area contributed by atoms with Gasteiger partial charge in [0.15, 0.2) is 0 Å². The van der Waals surface area contributed by atoms with E-state index >= 15 is 0 Å². The average molecular weight is 711 g/mol. The van der Waals surface area contributed by atoms with Crippen molar-refractivity contribution in [2.75, 3.05) is 45.7 Å². The molecule has 4 aromatic rings. The summed E-state index contributed by atoms with van der Waals surface area (Å²) >= 11 is 14.3. The SMILES string of the molecule is C=C1CCC2(CN(Cc3ncc(-c4cccc(-c5cccc(-c6cnc(CN7CC8(CCC(=C)N8)C7)c(OC)n6)c5Cl)c4Cl)nc3NC)C2)N1. The highest BCUT2D eigenvalue weighted by atomic mass is 35.5. The Labute approximate surface area is 303 Å². The maximum atomic E-state index is 7.14. The van der Waals surface area contributed by atoms with Gasteiger partial charge >= 0.3 is 0 Å². The first-order chi connectivity index (χ1) is 24.2. The number of nitrogens with zero attached hydrogens (tertiary/aromatic N) is 6. The molecule has 2 aromatic heterocycles. The number of methoxy groups -OCH3 is 1. The van der Waals surface area contributed by atoms with Crippen LogP contribution < -0.4 is 20.7 Å². The Morgan fingerprint density at radius 1 is 0.760 bits per heavy atom. The Morgan fingerprint density at radius 2 is 1.24 bits per heavy atom. The van der Waals surface area contributed by atoms with Crippen molar-refractivity contribution in [1.82, 2.24) is 40.4 Å². The summed E-state index contributed by atoms with van der Waals surface area (Å²) in [5.41, 5.74) is 8.67. The normalized spacial score (nSPS) is 19.3. The van der Waals surface area contributed by atoms with Crippen molar-refractivity contribution in [2.45, 2.75) is 49.9 Å². The Balaban J connectivity index is 1.01. The first kappa shape index (κ1) is 33.0. The molecule has 0 atom stereocenters. The van der Waals surface area contributed by atoms with Crippen LogP contribution in [0.15, 0.2) is 73.3 Å². The minimum absolute atomic E-state index is 0.150. The van der Waals surface area contributed by atoms with Crippen molar-refractivity contribution < 1.29 is 4.74 Å². The number of halogens is 2. The number of hydrogen-bond donors (Lipinski definition) is 3. The summed E-state index contributed by atoms with van der Waals surface area (Å²) in [4.78, 5) is 24.2. The number of likely N-dealkylation sites (tertiary alicyclic amines) is 2. The largest absolute Gasteiger partial charge is 0.480 e. The molecule has 4 saturated heterocycles. The third kappa shape index (κ3) is 5.98. The predicted octanol–water partition coefficient (Wildman–Crippen LogP) is 6.53. The van der Waals surface area contributed by atoms with Gasteiger partial charge in [-0.15, -0.1) is 0 Å². The van der Waals surface area contributed by atoms with Gasteiger partial charge in [0.1, 0.15) is 11.5 Å². The van der Waals surface area contributed by atoms with E-state index in [1.165, 1.54) is 0 Å². The molecular formula is C38H41Cl2N9O. The molecule has 0 bridgehead atoms. The molecule has 0 amide bonds. The number of anilines is 1. The zero-order valence-electron chi connectivity index (χ0n) is 28.5. The lowest BCUT2D eigenvalue weighted by molar-refractivity contribution is 0.0488. The number of allylic oxidation sites excluding steroid dienone is 2. The summed E-state index contributed by atoms with van der Waals surface area (Å²) in [5, 5.41) is 11.5. The lowest BCUT2D eigenvalue weighted by atomic mass is 9.88. The van der Waals surface area contributed by atoms with Gasteiger partial charge < -0.3 is 20.7 Å². The fourth-order valence-corrected chi connectivity index (χ4v) is 8.70. The van der Waals surface area contributed by atoms with Crippen LogP contribution in [0.1, 0.15) is 37.1 Å². The van der Waals surface area contributed by atoms with Gasteiger partial charge in [0, 0.05) is 80.0 Å². The van der Waals surface area contributed by atoms with Crippen LogP contribution in [0.2, 0.25) is 10.0 Å². The Hall–Kier alpha value is -4.22. The van der Waals surface area contributed by atoms with Crippen LogP contribution in [0.3, 0.4) is 0 Å². The molecule has 258 valence electrons. The minimum Gasteiger partial charge on any atom is -0.480 e. The molecule has 6 heterocycles. The molecule has 0 saturated carbocycles. The van der Waals surface area contributed by atoms with E-state index in [1.807, 2.05) is 43.4 Å². The first-order valence-corrected chi connectivity index (χ1v) is 17.8. The van der Waals surface area contributed by atoms with E-state index in [2.05, 4.69) is 38.9 Å². The fourth-order valence-electron chi connectivity index (χ4n) is 8.06. The third-order valence-electron chi connectivity index (χ3n) is 10.5. The van der Waals surface area contributed by atoms with Gasteiger partial charge in [-0.1, -0.05) is 72.8 Å². The highest BCUT2D eigenvalue weighted by molar-refractivity contribution is 6.39. The number of ether oxygens (including phenoxy) is 1. The smallest absolute Gasteiger partial charge is 0.237 e. The minimum atomic E-state index is 0.150. The van der Waals surface area contributed by atoms with E-state index in [1.54, 1.807) is 19.5 Å². The summed E-state index contributed by atoms with van der Waals surface area (Å²) in [6.45, 7) is 13.4. The van der Waals surface area contributed by atoms with E-state index in [0.717, 1.165) is 109 Å². The number of aromatic nitrogens is 4. The average Bonchev–Trinajstić information content (AvgIpc) is 3.68. The van der Waals surface area contributed by atoms with Gasteiger partial charge in [-0.05, 0) is 25.7 Å². The Bertz CT molecular complexity index is 1860. The zero-order chi connectivity index (χ0) is 34.6. The molecule has 0 aliphatic carbocycles. The summed E-state index contributed by atoms with van der Waals surface area (Å²) in [6.07, 6.45) is 7.91. The molecule has 8 rings (SSSR count). The zero-order valence-corrected chi connectivity index (χ0v) is 30.0. The number of nitrogens with one attached hydrogen (secondary N) is 3. The molecular weight excluding hydrogens is 669 g/mol. The number of rotatable bonds is 9. The van der Waals surface area contributed by atoms with E-state index in [0.29, 0.717) is 33.9 Å². The molecule has 2 aromatic carbocycles. The molecule has 50 heavy (non-hydrogen) atoms. The monoisotopic (exact) mass is 709 g/mol. The lowest BCUT2D eigenvalue weighted by Gasteiger charge is -2.48. The van der Waals surface area contributed by atoms with Crippen LogP contribution in [-0.4, -0.2) is 81.2 Å². The summed E-state index contributed by atoms with van der Waals surface area (Å²) in [7, 11) is 3.50. The van der Waals surface area contributed by atoms with Crippen LogP contribution >= 0.6 is 23.2 Å². The van der Waals surface area contributed by atoms with Gasteiger partial charge in [-0.2, -0.15) is 0 Å². The molecule has 4 aliphatic rings. The maximum Gasteiger partial charge on any atom is 0.237 e. The van der Waals surface area contributed by atoms with Crippen molar-refractivity contribution in [3.8, 4) is 39.5 Å². The molecule has 10 nitrogen and oxygen atoms in total. The van der Waals surface area contributed by atoms with Gasteiger partial charge in [0.05, 0.1) is 57.7 Å². The summed E-state index contributed by atoms with van der Waals surface area (Å²) in [5.74, 6) is 1.23. The summed E-state index contributed by atoms with van der Waals surface area (Å²) in [6, 6.07) is 11.7. The second kappa shape index (κ2) is 12.8. The van der Waals surface area contributed by atoms with Crippen molar-refractivity contribution in [3.63, 3.8) is 0 Å². The standard InChI is InChI=1S/C38H41Cl2N9O/c1-23-11-13-37(46-23)19-48(20-37)17-31-35(41-3)44-29(15-42-31)27-9-5-7-25(33(27)39)26-8-6-10-28(34(26)40)30-16-43-32(36(45-30)50-4)18-49-21-38(22-49)14-12-24(2)47-38/h5-10,15-16,46-47H,1-2,11-14,17-22H2,3-4H3,(H,41,44). The Morgan fingerprint density at radius 3 is 1.72 bits per heavy atom. The molecule has 12 heteroatoms. The highest BCUT2D eigenvalue weighted by Crippen LogP contribution is 2.43. The van der Waals surface area contributed by atoms with Crippen LogP contribution in [0.25, 0.3) is 33.6 Å². The maximum absolute atomic E-state index is 7.14. The van der Waals surface area contributed by atoms with E-state index in [-0.39, 0.29) is 11.1 Å². The second-order valence-corrected chi connectivity index (χ2v) is 14.9. The fraction of sp³-hybridized carbons (Fsp3) is 0.368. The van der Waals surface area contributed by atoms with Crippen molar-refractivity contribution in [3.05, 3.63) is 94.8 Å². The Kier molecular flexibility index (Phi) is 8.46. The molecule has 4 aliphatic heterocycles. The van der Waals surface area contributed by atoms with Gasteiger partial charge in [0.2, 0.25) is 5.88 Å². The lowest BCUT2D eigenvalue weighted by Crippen LogP contribution is -2.65. The van der Waals surface area contributed by atoms with Crippen LogP contribution in [0, 0.1) is 0 Å². The number of hydrogen-bond acceptors (Lipinski definition) is 10. The predicted molar refractivity (Wildman–Crippen MR) is 199 cm³/mol. The van der Waals surface area contributed by atoms with Crippen molar-refractivity contribution in [1.29, 1.82) is 0 Å². The van der Waals surface area contributed by atoms with Gasteiger partial charge in [0.25, 0.3) is 0 Å². The van der Waals surface area contributed by atoms with Gasteiger partial charge in [-0.25, -0.2) is 9.97 Å². The number of benzene rings is 2. The molecule has 2 spiro atoms. The van der Waals surface area contributed by atoms with E-state index in [4.69, 9.17) is 47.9 Å². The molecule has 3 N–H and O–H groups in total. The molecule has 0 unspecified atom stereocenters. The quantitative estimate of drug-likeness (QED) is 0.178. The van der Waals surface area contributed by atoms with E-state index < -0.39 is 0 Å². The topological polar surface area (TPSA) is 103 Å². The van der Waals surface area contributed by atoms with Gasteiger partial charge in [-0.3, -0.25) is 19.8 Å². The van der Waals surface area contributed by atoms with Crippen LogP contribution in [-0.2, 0) is 13.1 Å². The van der Waals surface area contributed by atoms with Crippen molar-refractivity contribution >= 4 is 29.0 Å². The molecule has 0 radical (unpaired) electrons. The first-order valence-electron chi connectivity index (χ1n) is 17.1. The molecule has 4 fully saturated rings. The second-order valence-electron chi connectivity index (χ2n) is 14.2. The van der Waals surface area contributed by atoms with Crippen molar-refractivity contribution in [2.24, 2.45) is 0 Å². The van der Waals surface area contributed by atoms with Crippen LogP contribution in [0.4, 0.5) is 5.82 Å². The van der Waals surface area contributed by atoms with E-state index in [9.17, 15) is 0 Å². The van der Waals surface area contributed by atoms with Crippen LogP contribution in [0.5, 0.6) is 5.88 Å². The third-order valence-corrected chi connectivity index (χ3v) is 11.3. The summed E-state index contributed by atoms with van der Waals surface area (Å²) < 4.78 is 5.71. The highest BCUT2D eigenvalue weighted by Gasteiger charge is 2.47.